The zero-order valence-electron chi connectivity index (χ0n) is 11.1. The summed E-state index contributed by atoms with van der Waals surface area (Å²) in [6.07, 6.45) is 0. The summed E-state index contributed by atoms with van der Waals surface area (Å²) < 4.78 is 1.26. The maximum atomic E-state index is 11.4. The molecule has 2 heterocycles. The molecule has 0 aliphatic carbocycles. The standard InChI is InChI=1S/C16H13N3OS/c17-16(20)10-5-6-12-11(7-10)15(19-18-12)14-8-9-3-1-2-4-13(9)21-14/h1-8,15,18-19H,(H2,17,20). The Hall–Kier alpha value is -2.37. The Kier molecular flexibility index (Phi) is 2.70. The highest BCUT2D eigenvalue weighted by atomic mass is 32.1. The van der Waals surface area contributed by atoms with Gasteiger partial charge < -0.3 is 11.2 Å². The van der Waals surface area contributed by atoms with Gasteiger partial charge in [-0.3, -0.25) is 4.79 Å². The molecule has 1 aromatic heterocycles. The molecular formula is C16H13N3OS. The first-order chi connectivity index (χ1) is 10.2. The lowest BCUT2D eigenvalue weighted by Gasteiger charge is -2.08. The molecule has 1 unspecified atom stereocenters. The van der Waals surface area contributed by atoms with Gasteiger partial charge in [0.05, 0.1) is 11.7 Å². The quantitative estimate of drug-likeness (QED) is 0.681. The number of rotatable bonds is 2. The Labute approximate surface area is 125 Å². The number of carbonyl (C=O) groups excluding carboxylic acids is 1. The number of fused-ring (bicyclic) bond motifs is 2. The summed E-state index contributed by atoms with van der Waals surface area (Å²) in [5, 5.41) is 1.24. The number of carbonyl (C=O) groups is 1. The molecule has 0 fully saturated rings. The SMILES string of the molecule is NC(=O)c1ccc2c(c1)C(c1cc3ccccc3s1)NN2. The molecule has 3 aromatic rings. The molecule has 1 atom stereocenters. The molecular weight excluding hydrogens is 282 g/mol. The van der Waals surface area contributed by atoms with E-state index in [2.05, 4.69) is 29.1 Å². The normalized spacial score (nSPS) is 16.7. The lowest BCUT2D eigenvalue weighted by molar-refractivity contribution is 0.1000. The fraction of sp³-hybridized carbons (Fsp3) is 0.0625. The zero-order chi connectivity index (χ0) is 14.4. The zero-order valence-corrected chi connectivity index (χ0v) is 11.9. The third kappa shape index (κ3) is 1.98. The number of anilines is 1. The minimum absolute atomic E-state index is 0.0386. The van der Waals surface area contributed by atoms with Gasteiger partial charge in [-0.15, -0.1) is 11.3 Å². The Balaban J connectivity index is 1.82. The van der Waals surface area contributed by atoms with Crippen molar-refractivity contribution in [3.05, 3.63) is 64.5 Å². The molecule has 5 heteroatoms. The third-order valence-corrected chi connectivity index (χ3v) is 4.91. The first-order valence-electron chi connectivity index (χ1n) is 6.66. The van der Waals surface area contributed by atoms with Crippen LogP contribution in [0.4, 0.5) is 5.69 Å². The second-order valence-electron chi connectivity index (χ2n) is 5.06. The van der Waals surface area contributed by atoms with Crippen LogP contribution in [0.25, 0.3) is 10.1 Å². The maximum absolute atomic E-state index is 11.4. The molecule has 0 saturated carbocycles. The number of primary amides is 1. The van der Waals surface area contributed by atoms with E-state index < -0.39 is 5.91 Å². The Morgan fingerprint density at radius 2 is 2.00 bits per heavy atom. The first kappa shape index (κ1) is 12.4. The van der Waals surface area contributed by atoms with Crippen LogP contribution in [0.2, 0.25) is 0 Å². The Morgan fingerprint density at radius 3 is 2.81 bits per heavy atom. The topological polar surface area (TPSA) is 67.2 Å². The summed E-state index contributed by atoms with van der Waals surface area (Å²) in [4.78, 5) is 12.6. The van der Waals surface area contributed by atoms with E-state index >= 15 is 0 Å². The van der Waals surface area contributed by atoms with Crippen molar-refractivity contribution in [1.82, 2.24) is 5.43 Å². The van der Waals surface area contributed by atoms with Crippen molar-refractivity contribution in [2.75, 3.05) is 5.43 Å². The van der Waals surface area contributed by atoms with Gasteiger partial charge in [-0.05, 0) is 35.7 Å². The van der Waals surface area contributed by atoms with Crippen molar-refractivity contribution >= 4 is 33.0 Å². The van der Waals surface area contributed by atoms with Crippen LogP contribution < -0.4 is 16.6 Å². The molecule has 4 nitrogen and oxygen atoms in total. The molecule has 1 amide bonds. The van der Waals surface area contributed by atoms with Crippen LogP contribution in [-0.4, -0.2) is 5.91 Å². The van der Waals surface area contributed by atoms with E-state index in [0.717, 1.165) is 11.3 Å². The minimum atomic E-state index is -0.403. The van der Waals surface area contributed by atoms with Gasteiger partial charge in [0.2, 0.25) is 5.91 Å². The molecule has 0 saturated heterocycles. The monoisotopic (exact) mass is 295 g/mol. The summed E-state index contributed by atoms with van der Waals surface area (Å²) in [5.41, 5.74) is 14.4. The fourth-order valence-corrected chi connectivity index (χ4v) is 3.80. The predicted molar refractivity (Wildman–Crippen MR) is 85.4 cm³/mol. The average Bonchev–Trinajstić information content (AvgIpc) is 3.09. The molecule has 0 bridgehead atoms. The summed E-state index contributed by atoms with van der Waals surface area (Å²) in [7, 11) is 0. The highest BCUT2D eigenvalue weighted by molar-refractivity contribution is 7.19. The van der Waals surface area contributed by atoms with Gasteiger partial charge in [0.1, 0.15) is 0 Å². The lowest BCUT2D eigenvalue weighted by atomic mass is 10.0. The number of nitrogens with one attached hydrogen (secondary N) is 2. The van der Waals surface area contributed by atoms with Crippen molar-refractivity contribution in [2.45, 2.75) is 6.04 Å². The van der Waals surface area contributed by atoms with Crippen LogP contribution >= 0.6 is 11.3 Å². The van der Waals surface area contributed by atoms with Gasteiger partial charge in [-0.25, -0.2) is 5.43 Å². The van der Waals surface area contributed by atoms with Gasteiger partial charge in [0, 0.05) is 20.7 Å². The smallest absolute Gasteiger partial charge is 0.248 e. The van der Waals surface area contributed by atoms with E-state index in [0.29, 0.717) is 5.56 Å². The van der Waals surface area contributed by atoms with Crippen molar-refractivity contribution in [1.29, 1.82) is 0 Å². The van der Waals surface area contributed by atoms with Crippen LogP contribution in [0, 0.1) is 0 Å². The van der Waals surface area contributed by atoms with Gasteiger partial charge in [0.25, 0.3) is 0 Å². The predicted octanol–water partition coefficient (Wildman–Crippen LogP) is 3.02. The van der Waals surface area contributed by atoms with Crippen molar-refractivity contribution in [3.8, 4) is 0 Å². The number of thiophene rings is 1. The van der Waals surface area contributed by atoms with E-state index in [1.165, 1.54) is 15.0 Å². The molecule has 4 N–H and O–H groups in total. The van der Waals surface area contributed by atoms with E-state index in [1.54, 1.807) is 17.4 Å². The van der Waals surface area contributed by atoms with E-state index in [9.17, 15) is 4.79 Å². The highest BCUT2D eigenvalue weighted by Gasteiger charge is 2.25. The summed E-state index contributed by atoms with van der Waals surface area (Å²) in [6.45, 7) is 0. The molecule has 0 spiro atoms. The fourth-order valence-electron chi connectivity index (χ4n) is 2.67. The van der Waals surface area contributed by atoms with Gasteiger partial charge in [-0.2, -0.15) is 0 Å². The second-order valence-corrected chi connectivity index (χ2v) is 6.17. The molecule has 4 rings (SSSR count). The number of hydrogen-bond donors (Lipinski definition) is 3. The van der Waals surface area contributed by atoms with Crippen LogP contribution in [0.5, 0.6) is 0 Å². The van der Waals surface area contributed by atoms with Crippen molar-refractivity contribution < 1.29 is 4.79 Å². The molecule has 21 heavy (non-hydrogen) atoms. The average molecular weight is 295 g/mol. The van der Waals surface area contributed by atoms with Crippen LogP contribution in [0.15, 0.2) is 48.5 Å². The lowest BCUT2D eigenvalue weighted by Crippen LogP contribution is -2.18. The van der Waals surface area contributed by atoms with E-state index in [1.807, 2.05) is 24.3 Å². The maximum Gasteiger partial charge on any atom is 0.248 e. The van der Waals surface area contributed by atoms with Crippen molar-refractivity contribution in [2.24, 2.45) is 5.73 Å². The minimum Gasteiger partial charge on any atom is -0.366 e. The molecule has 1 aliphatic rings. The number of amides is 1. The molecule has 104 valence electrons. The molecule has 1 aliphatic heterocycles. The van der Waals surface area contributed by atoms with Crippen LogP contribution in [-0.2, 0) is 0 Å². The van der Waals surface area contributed by atoms with E-state index in [4.69, 9.17) is 5.73 Å². The van der Waals surface area contributed by atoms with Gasteiger partial charge in [-0.1, -0.05) is 18.2 Å². The summed E-state index contributed by atoms with van der Waals surface area (Å²) >= 11 is 1.75. The number of hydrazine groups is 1. The van der Waals surface area contributed by atoms with Gasteiger partial charge in [0.15, 0.2) is 0 Å². The molecule has 2 aromatic carbocycles. The Morgan fingerprint density at radius 1 is 1.14 bits per heavy atom. The number of hydrogen-bond acceptors (Lipinski definition) is 4. The second kappa shape index (κ2) is 4.58. The van der Waals surface area contributed by atoms with Crippen LogP contribution in [0.1, 0.15) is 26.8 Å². The van der Waals surface area contributed by atoms with Crippen LogP contribution in [0.3, 0.4) is 0 Å². The molecule has 0 radical (unpaired) electrons. The number of benzene rings is 2. The Bertz CT molecular complexity index is 823. The van der Waals surface area contributed by atoms with Gasteiger partial charge >= 0.3 is 0 Å². The number of nitrogens with two attached hydrogens (primary N) is 1. The third-order valence-electron chi connectivity index (χ3n) is 3.73. The largest absolute Gasteiger partial charge is 0.366 e. The van der Waals surface area contributed by atoms with Crippen molar-refractivity contribution in [3.63, 3.8) is 0 Å². The van der Waals surface area contributed by atoms with E-state index in [-0.39, 0.29) is 6.04 Å². The summed E-state index contributed by atoms with van der Waals surface area (Å²) in [6, 6.07) is 16.0. The summed E-state index contributed by atoms with van der Waals surface area (Å²) in [5.74, 6) is -0.403. The first-order valence-corrected chi connectivity index (χ1v) is 7.48. The highest BCUT2D eigenvalue weighted by Crippen LogP contribution is 2.38.